The number of thiol groups is 1. The Balaban J connectivity index is 0. The third kappa shape index (κ3) is 170. The Bertz CT molecular complexity index is 66.7. The molecule has 7 heteroatoms. The van der Waals surface area contributed by atoms with Crippen LogP contribution in [-0.2, 0) is 16.4 Å². The third-order valence-corrected chi connectivity index (χ3v) is 0. The van der Waals surface area contributed by atoms with Gasteiger partial charge >= 0.3 is 6.80 Å². The maximum atomic E-state index is 9.19. The molecule has 0 spiro atoms. The van der Waals surface area contributed by atoms with Crippen LogP contribution in [0, 0.1) is 0 Å². The van der Waals surface area contributed by atoms with Crippen molar-refractivity contribution in [2.24, 2.45) is 0 Å². The van der Waals surface area contributed by atoms with Crippen molar-refractivity contribution in [3.63, 3.8) is 0 Å². The molecule has 3 nitrogen and oxygen atoms in total. The fraction of sp³-hybridized carbons (Fsp3) is 0. The van der Waals surface area contributed by atoms with E-state index in [0.29, 0.717) is 0 Å². The molecule has 2 N–H and O–H groups in total. The van der Waals surface area contributed by atoms with E-state index in [2.05, 4.69) is 32.1 Å². The molecule has 7 heavy (non-hydrogen) atoms. The van der Waals surface area contributed by atoms with Gasteiger partial charge in [0.05, 0.1) is 0 Å². The molecular weight excluding hydrogens is 174 g/mol. The monoisotopic (exact) mass is 178 g/mol. The molecule has 0 radical (unpaired) electrons. The Morgan fingerprint density at radius 1 is 1.57 bits per heavy atom. The largest absolute Gasteiger partial charge is 0.380 e. The van der Waals surface area contributed by atoms with E-state index in [0.717, 1.165) is 0 Å². The number of rotatable bonds is 0. The van der Waals surface area contributed by atoms with Crippen LogP contribution in [0.5, 0.6) is 0 Å². The first-order chi connectivity index (χ1) is 3.00. The van der Waals surface area contributed by atoms with Crippen LogP contribution in [0.4, 0.5) is 0 Å². The second kappa shape index (κ2) is 5.16. The van der Waals surface area contributed by atoms with Crippen LogP contribution in [0.1, 0.15) is 0 Å². The van der Waals surface area contributed by atoms with Gasteiger partial charge < -0.3 is 9.79 Å². The molecule has 44 valence electrons. The average molecular weight is 178 g/mol. The van der Waals surface area contributed by atoms with E-state index in [1.54, 1.807) is 0 Å². The minimum atomic E-state index is -3.94. The molecule has 0 aromatic carbocycles. The van der Waals surface area contributed by atoms with Crippen LogP contribution in [0.25, 0.3) is 0 Å². The summed E-state index contributed by atoms with van der Waals surface area (Å²) in [5.41, 5.74) is 0. The van der Waals surface area contributed by atoms with Crippen LogP contribution in [0.15, 0.2) is 0 Å². The predicted molar refractivity (Wildman–Crippen MR) is 36.7 cm³/mol. The summed E-state index contributed by atoms with van der Waals surface area (Å²) in [6.07, 6.45) is 0. The lowest BCUT2D eigenvalue weighted by molar-refractivity contribution is 0.397. The zero-order valence-corrected chi connectivity index (χ0v) is 6.71. The van der Waals surface area contributed by atoms with Crippen molar-refractivity contribution in [1.82, 2.24) is 0 Å². The van der Waals surface area contributed by atoms with Crippen molar-refractivity contribution in [3.05, 3.63) is 0 Å². The highest BCUT2D eigenvalue weighted by molar-refractivity contribution is 8.43. The fourth-order valence-corrected chi connectivity index (χ4v) is 0. The Labute approximate surface area is 53.7 Å². The van der Waals surface area contributed by atoms with E-state index >= 15 is 0 Å². The van der Waals surface area contributed by atoms with E-state index in [1.165, 1.54) is 0 Å². The first-order valence-electron chi connectivity index (χ1n) is 0.987. The lowest BCUT2D eigenvalue weighted by Gasteiger charge is -1.82. The maximum Gasteiger partial charge on any atom is 0.380 e. The van der Waals surface area contributed by atoms with Gasteiger partial charge in [-0.25, -0.2) is 4.57 Å². The van der Waals surface area contributed by atoms with Crippen LogP contribution in [-0.4, -0.2) is 9.79 Å². The molecule has 0 heterocycles. The molecule has 0 saturated heterocycles. The standard InChI is InChI=1S/H3O3PS.HPS/c1-4(2,3)5;1-2/h(H3,1,2,3,5);1H. The highest BCUT2D eigenvalue weighted by Gasteiger charge is 1.97. The topological polar surface area (TPSA) is 57.5 Å². The lowest BCUT2D eigenvalue weighted by atomic mass is 15.8. The molecule has 0 fully saturated rings. The molecule has 0 aliphatic heterocycles. The quantitative estimate of drug-likeness (QED) is 0.375. The minimum Gasteiger partial charge on any atom is -0.317 e. The summed E-state index contributed by atoms with van der Waals surface area (Å²) >= 11 is 6.68. The zero-order valence-electron chi connectivity index (χ0n) is 3.11. The van der Waals surface area contributed by atoms with Gasteiger partial charge in [0.2, 0.25) is 0 Å². The summed E-state index contributed by atoms with van der Waals surface area (Å²) in [5, 5.41) is 0. The van der Waals surface area contributed by atoms with Crippen molar-refractivity contribution in [2.75, 3.05) is 0 Å². The van der Waals surface area contributed by atoms with E-state index in [-0.39, 0.29) is 0 Å². The Hall–Kier alpha value is 1.02. The normalized spacial score (nSPS) is 9.00. The molecule has 0 aliphatic carbocycles. The Kier molecular flexibility index (Phi) is 8.04. The van der Waals surface area contributed by atoms with Crippen molar-refractivity contribution in [2.45, 2.75) is 0 Å². The van der Waals surface area contributed by atoms with Gasteiger partial charge in [0.1, 0.15) is 0 Å². The Morgan fingerprint density at radius 3 is 1.57 bits per heavy atom. The highest BCUT2D eigenvalue weighted by Crippen LogP contribution is 2.39. The van der Waals surface area contributed by atoms with Crippen LogP contribution < -0.4 is 0 Å². The summed E-state index contributed by atoms with van der Waals surface area (Å²) < 4.78 is 9.19. The van der Waals surface area contributed by atoms with Crippen molar-refractivity contribution < 1.29 is 14.4 Å². The minimum absolute atomic E-state index is 2.56. The van der Waals surface area contributed by atoms with Gasteiger partial charge in [-0.1, -0.05) is 24.1 Å². The van der Waals surface area contributed by atoms with Crippen molar-refractivity contribution >= 4 is 38.9 Å². The molecule has 0 aromatic heterocycles. The summed E-state index contributed by atoms with van der Waals surface area (Å²) in [4.78, 5) is 15.0. The first-order valence-corrected chi connectivity index (χ1v) is 5.38. The fourth-order valence-electron chi connectivity index (χ4n) is 0. The van der Waals surface area contributed by atoms with Gasteiger partial charge in [0.25, 0.3) is 0 Å². The summed E-state index contributed by atoms with van der Waals surface area (Å²) in [6.45, 7) is -3.94. The number of hydrogen-bond donors (Lipinski definition) is 3. The predicted octanol–water partition coefficient (Wildman–Crippen LogP) is 0.600. The molecule has 0 aromatic rings. The van der Waals surface area contributed by atoms with Crippen LogP contribution in [0.2, 0.25) is 0 Å². The average Bonchev–Trinajstić information content (AvgIpc) is 1.36. The highest BCUT2D eigenvalue weighted by atomic mass is 32.7. The summed E-state index contributed by atoms with van der Waals surface area (Å²) in [6, 6.07) is 0. The second-order valence-electron chi connectivity index (χ2n) is 0.513. The molecule has 0 rings (SSSR count). The Morgan fingerprint density at radius 2 is 1.57 bits per heavy atom. The second-order valence-corrected chi connectivity index (χ2v) is 3.10. The van der Waals surface area contributed by atoms with Crippen molar-refractivity contribution in [1.29, 1.82) is 0 Å². The third-order valence-electron chi connectivity index (χ3n) is 0. The van der Waals surface area contributed by atoms with Crippen LogP contribution in [0.3, 0.4) is 0 Å². The first kappa shape index (κ1) is 10.9. The van der Waals surface area contributed by atoms with Gasteiger partial charge in [-0.3, -0.25) is 0 Å². The molecule has 0 bridgehead atoms. The summed E-state index contributed by atoms with van der Waals surface area (Å²) in [5.74, 6) is 0. The van der Waals surface area contributed by atoms with E-state index < -0.39 is 6.80 Å². The lowest BCUT2D eigenvalue weighted by Crippen LogP contribution is -1.54. The van der Waals surface area contributed by atoms with Gasteiger partial charge in [-0.2, -0.15) is 0 Å². The van der Waals surface area contributed by atoms with Gasteiger partial charge in [-0.05, 0) is 8.02 Å². The zero-order chi connectivity index (χ0) is 6.50. The van der Waals surface area contributed by atoms with E-state index in [1.807, 2.05) is 0 Å². The summed E-state index contributed by atoms with van der Waals surface area (Å²) in [7, 11) is 2.56. The molecule has 0 saturated carbocycles. The molecule has 0 amide bonds. The van der Waals surface area contributed by atoms with Gasteiger partial charge in [0, 0.05) is 0 Å². The van der Waals surface area contributed by atoms with Crippen molar-refractivity contribution in [3.8, 4) is 0 Å². The van der Waals surface area contributed by atoms with Gasteiger partial charge in [0.15, 0.2) is 0 Å². The molecular formula is H4O3P2S2. The smallest absolute Gasteiger partial charge is 0.317 e. The van der Waals surface area contributed by atoms with E-state index in [9.17, 15) is 4.57 Å². The molecule has 0 atom stereocenters. The van der Waals surface area contributed by atoms with Crippen LogP contribution >= 0.6 is 27.1 Å². The maximum absolute atomic E-state index is 9.19. The van der Waals surface area contributed by atoms with Gasteiger partial charge in [-0.15, -0.1) is 0 Å². The van der Waals surface area contributed by atoms with E-state index in [4.69, 9.17) is 9.79 Å². The molecule has 0 aliphatic rings. The number of hydrogen-bond acceptors (Lipinski definition) is 2. The SMILES string of the molecule is O=P(O)(O)S.P=S. The molecule has 0 unspecified atom stereocenters.